The minimum absolute atomic E-state index is 0.0989. The summed E-state index contributed by atoms with van der Waals surface area (Å²) in [6, 6.07) is 19.7. The summed E-state index contributed by atoms with van der Waals surface area (Å²) < 4.78 is 0. The number of carboxylic acid groups (broad SMARTS) is 1. The molecule has 29 heavy (non-hydrogen) atoms. The van der Waals surface area contributed by atoms with Gasteiger partial charge in [-0.15, -0.1) is 0 Å². The average Bonchev–Trinajstić information content (AvgIpc) is 2.70. The van der Waals surface area contributed by atoms with E-state index in [0.29, 0.717) is 13.1 Å². The molecule has 0 spiro atoms. The fourth-order valence-corrected chi connectivity index (χ4v) is 4.26. The first-order valence-electron chi connectivity index (χ1n) is 10.3. The molecule has 1 fully saturated rings. The fourth-order valence-electron chi connectivity index (χ4n) is 4.26. The highest BCUT2D eigenvalue weighted by atomic mass is 16.4. The molecule has 154 valence electrons. The Hall–Kier alpha value is -2.50. The Morgan fingerprint density at radius 3 is 2.07 bits per heavy atom. The summed E-state index contributed by atoms with van der Waals surface area (Å²) in [5.41, 5.74) is 2.21. The van der Waals surface area contributed by atoms with Crippen LogP contribution in [0.4, 0.5) is 0 Å². The number of hydrogen-bond acceptors (Lipinski definition) is 4. The molecular weight excluding hydrogens is 364 g/mol. The molecule has 0 saturated carbocycles. The van der Waals surface area contributed by atoms with Crippen LogP contribution >= 0.6 is 0 Å². The van der Waals surface area contributed by atoms with Crippen LogP contribution in [0.25, 0.3) is 0 Å². The molecule has 0 amide bonds. The fraction of sp³-hybridized carbons (Fsp3) is 0.417. The number of rotatable bonds is 8. The van der Waals surface area contributed by atoms with Crippen molar-refractivity contribution in [3.8, 4) is 0 Å². The lowest BCUT2D eigenvalue weighted by Gasteiger charge is -2.44. The van der Waals surface area contributed by atoms with Crippen LogP contribution in [0.3, 0.4) is 0 Å². The van der Waals surface area contributed by atoms with Crippen LogP contribution in [0.1, 0.15) is 37.4 Å². The summed E-state index contributed by atoms with van der Waals surface area (Å²) in [6.45, 7) is 5.82. The number of carboxylic acids is 1. The Morgan fingerprint density at radius 2 is 1.59 bits per heavy atom. The molecule has 2 N–H and O–H groups in total. The van der Waals surface area contributed by atoms with Gasteiger partial charge in [-0.3, -0.25) is 14.5 Å². The van der Waals surface area contributed by atoms with Gasteiger partial charge in [0.15, 0.2) is 0 Å². The smallest absolute Gasteiger partial charge is 0.315 e. The zero-order valence-electron chi connectivity index (χ0n) is 17.1. The van der Waals surface area contributed by atoms with Crippen molar-refractivity contribution in [2.75, 3.05) is 19.6 Å². The van der Waals surface area contributed by atoms with Crippen molar-refractivity contribution in [2.24, 2.45) is 11.8 Å². The third-order valence-corrected chi connectivity index (χ3v) is 5.50. The number of carbonyl (C=O) groups excluding carboxylic acids is 1. The van der Waals surface area contributed by atoms with E-state index < -0.39 is 17.9 Å². The molecule has 1 aliphatic heterocycles. The van der Waals surface area contributed by atoms with Crippen LogP contribution in [0.15, 0.2) is 60.7 Å². The number of nitrogens with one attached hydrogen (secondary N) is 1. The second-order valence-corrected chi connectivity index (χ2v) is 8.11. The molecule has 2 aromatic rings. The predicted molar refractivity (Wildman–Crippen MR) is 114 cm³/mol. The van der Waals surface area contributed by atoms with Gasteiger partial charge in [0.2, 0.25) is 0 Å². The summed E-state index contributed by atoms with van der Waals surface area (Å²) in [5, 5.41) is 13.3. The number of Topliss-reactive ketones (excluding diaryl/α,β-unsaturated/α-hetero) is 1. The first-order valence-corrected chi connectivity index (χ1v) is 10.3. The first kappa shape index (κ1) is 21.2. The van der Waals surface area contributed by atoms with E-state index in [-0.39, 0.29) is 24.2 Å². The van der Waals surface area contributed by atoms with E-state index in [4.69, 9.17) is 0 Å². The van der Waals surface area contributed by atoms with E-state index in [9.17, 15) is 14.7 Å². The minimum atomic E-state index is -1.04. The number of aliphatic carboxylic acids is 1. The van der Waals surface area contributed by atoms with Crippen molar-refractivity contribution in [3.05, 3.63) is 71.8 Å². The largest absolute Gasteiger partial charge is 0.481 e. The zero-order chi connectivity index (χ0) is 20.8. The third kappa shape index (κ3) is 5.11. The normalized spacial score (nSPS) is 18.7. The van der Waals surface area contributed by atoms with Gasteiger partial charge < -0.3 is 10.4 Å². The highest BCUT2D eigenvalue weighted by molar-refractivity contribution is 5.99. The van der Waals surface area contributed by atoms with Crippen LogP contribution in [-0.2, 0) is 9.59 Å². The summed E-state index contributed by atoms with van der Waals surface area (Å²) in [7, 11) is 0. The van der Waals surface area contributed by atoms with Crippen molar-refractivity contribution in [3.63, 3.8) is 0 Å². The second-order valence-electron chi connectivity index (χ2n) is 8.11. The van der Waals surface area contributed by atoms with Crippen molar-refractivity contribution in [1.29, 1.82) is 0 Å². The van der Waals surface area contributed by atoms with Gasteiger partial charge in [0, 0.05) is 32.1 Å². The number of ketones is 1. The van der Waals surface area contributed by atoms with Crippen LogP contribution in [-0.4, -0.2) is 47.4 Å². The number of hydrogen-bond donors (Lipinski definition) is 2. The molecule has 2 aromatic carbocycles. The van der Waals surface area contributed by atoms with Crippen LogP contribution < -0.4 is 5.32 Å². The standard InChI is InChI=1S/C24H30N2O3/c1-17(2)15-21(27)22(24(28)29)20-16-25-13-14-26(20)23(18-9-5-3-6-10-18)19-11-7-4-8-12-19/h3-12,17,20,22-23,25H,13-16H2,1-2H3,(H,28,29). The number of piperazine rings is 1. The maximum absolute atomic E-state index is 12.9. The predicted octanol–water partition coefficient (Wildman–Crippen LogP) is 3.37. The van der Waals surface area contributed by atoms with Gasteiger partial charge in [-0.2, -0.15) is 0 Å². The van der Waals surface area contributed by atoms with Gasteiger partial charge in [0.25, 0.3) is 0 Å². The Labute approximate surface area is 172 Å². The molecule has 0 radical (unpaired) electrons. The summed E-state index contributed by atoms with van der Waals surface area (Å²) >= 11 is 0. The van der Waals surface area contributed by atoms with E-state index in [2.05, 4.69) is 34.5 Å². The number of nitrogens with zero attached hydrogens (tertiary/aromatic N) is 1. The van der Waals surface area contributed by atoms with Crippen LogP contribution in [0, 0.1) is 11.8 Å². The highest BCUT2D eigenvalue weighted by Crippen LogP contribution is 2.33. The van der Waals surface area contributed by atoms with E-state index in [1.807, 2.05) is 50.2 Å². The molecular formula is C24H30N2O3. The lowest BCUT2D eigenvalue weighted by Crippen LogP contribution is -2.58. The second kappa shape index (κ2) is 9.81. The van der Waals surface area contributed by atoms with Crippen molar-refractivity contribution >= 4 is 11.8 Å². The lowest BCUT2D eigenvalue weighted by atomic mass is 9.85. The molecule has 0 bridgehead atoms. The number of benzene rings is 2. The molecule has 5 nitrogen and oxygen atoms in total. The third-order valence-electron chi connectivity index (χ3n) is 5.50. The Bertz CT molecular complexity index is 768. The van der Waals surface area contributed by atoms with Gasteiger partial charge in [-0.25, -0.2) is 0 Å². The van der Waals surface area contributed by atoms with Crippen LogP contribution in [0.5, 0.6) is 0 Å². The minimum Gasteiger partial charge on any atom is -0.481 e. The maximum atomic E-state index is 12.9. The SMILES string of the molecule is CC(C)CC(=O)C(C(=O)O)C1CNCCN1C(c1ccccc1)c1ccccc1. The molecule has 0 aromatic heterocycles. The van der Waals surface area contributed by atoms with Gasteiger partial charge in [-0.05, 0) is 17.0 Å². The number of carbonyl (C=O) groups is 2. The van der Waals surface area contributed by atoms with E-state index in [0.717, 1.165) is 17.7 Å². The van der Waals surface area contributed by atoms with Gasteiger partial charge in [-0.1, -0.05) is 74.5 Å². The average molecular weight is 395 g/mol. The summed E-state index contributed by atoms with van der Waals surface area (Å²) in [4.78, 5) is 27.3. The van der Waals surface area contributed by atoms with Crippen molar-refractivity contribution in [1.82, 2.24) is 10.2 Å². The molecule has 2 atom stereocenters. The molecule has 2 unspecified atom stereocenters. The highest BCUT2D eigenvalue weighted by Gasteiger charge is 2.42. The van der Waals surface area contributed by atoms with E-state index in [1.165, 1.54) is 0 Å². The van der Waals surface area contributed by atoms with Crippen molar-refractivity contribution < 1.29 is 14.7 Å². The Morgan fingerprint density at radius 1 is 1.03 bits per heavy atom. The van der Waals surface area contributed by atoms with E-state index in [1.54, 1.807) is 0 Å². The maximum Gasteiger partial charge on any atom is 0.315 e. The molecule has 1 saturated heterocycles. The van der Waals surface area contributed by atoms with Gasteiger partial charge in [0.05, 0.1) is 6.04 Å². The summed E-state index contributed by atoms with van der Waals surface area (Å²) in [6.07, 6.45) is 0.280. The molecule has 3 rings (SSSR count). The molecule has 0 aliphatic carbocycles. The van der Waals surface area contributed by atoms with Crippen molar-refractivity contribution in [2.45, 2.75) is 32.4 Å². The quantitative estimate of drug-likeness (QED) is 0.672. The summed E-state index contributed by atoms with van der Waals surface area (Å²) in [5.74, 6) is -2.13. The van der Waals surface area contributed by atoms with Gasteiger partial charge in [0.1, 0.15) is 11.7 Å². The Balaban J connectivity index is 2.02. The monoisotopic (exact) mass is 394 g/mol. The van der Waals surface area contributed by atoms with Gasteiger partial charge >= 0.3 is 5.97 Å². The Kier molecular flexibility index (Phi) is 7.18. The molecule has 1 aliphatic rings. The van der Waals surface area contributed by atoms with Crippen LogP contribution in [0.2, 0.25) is 0 Å². The zero-order valence-corrected chi connectivity index (χ0v) is 17.1. The molecule has 1 heterocycles. The first-order chi connectivity index (χ1) is 14.0. The van der Waals surface area contributed by atoms with E-state index >= 15 is 0 Å². The molecule has 5 heteroatoms. The topological polar surface area (TPSA) is 69.6 Å². The lowest BCUT2D eigenvalue weighted by molar-refractivity contribution is -0.150.